The Morgan fingerprint density at radius 3 is 2.88 bits per heavy atom. The molecular formula is C5H8N2O. The average molecular weight is 112 g/mol. The van der Waals surface area contributed by atoms with Crippen LogP contribution in [-0.2, 0) is 4.79 Å². The Morgan fingerprint density at radius 2 is 2.50 bits per heavy atom. The van der Waals surface area contributed by atoms with E-state index in [1.807, 2.05) is 0 Å². The Balaban J connectivity index is 2.39. The van der Waals surface area contributed by atoms with Crippen LogP contribution in [0.2, 0.25) is 0 Å². The maximum atomic E-state index is 10.5. The number of hydrogen-bond donors (Lipinski definition) is 1. The summed E-state index contributed by atoms with van der Waals surface area (Å²) in [6, 6.07) is 0. The lowest BCUT2D eigenvalue weighted by molar-refractivity contribution is -0.122. The number of hydrogen-bond acceptors (Lipinski definition) is 2. The zero-order chi connectivity index (χ0) is 5.98. The van der Waals surface area contributed by atoms with Gasteiger partial charge in [-0.15, -0.1) is 5.73 Å². The minimum Gasteiger partial charge on any atom is -0.296 e. The van der Waals surface area contributed by atoms with Crippen LogP contribution in [0.5, 0.6) is 0 Å². The van der Waals surface area contributed by atoms with Crippen LogP contribution in [0.15, 0.2) is 0 Å². The van der Waals surface area contributed by atoms with Gasteiger partial charge in [0.1, 0.15) is 0 Å². The van der Waals surface area contributed by atoms with Crippen LogP contribution in [0.1, 0.15) is 12.8 Å². The van der Waals surface area contributed by atoms with Crippen molar-refractivity contribution in [3.8, 4) is 0 Å². The van der Waals surface area contributed by atoms with Crippen molar-refractivity contribution in [2.75, 3.05) is 6.54 Å². The minimum atomic E-state index is -0.885. The second-order valence-electron chi connectivity index (χ2n) is 1.93. The Bertz CT molecular complexity index is 103. The fraction of sp³-hybridized carbons (Fsp3) is 0.800. The van der Waals surface area contributed by atoms with Crippen molar-refractivity contribution >= 4 is 5.78 Å². The van der Waals surface area contributed by atoms with Crippen LogP contribution in [0.4, 0.5) is 0 Å². The predicted octanol–water partition coefficient (Wildman–Crippen LogP) is -0.666. The molecule has 0 saturated carbocycles. The number of nitrogens with zero attached hydrogens (tertiary/aromatic N) is 1. The number of ketones is 1. The van der Waals surface area contributed by atoms with Gasteiger partial charge in [0.25, 0.3) is 0 Å². The second kappa shape index (κ2) is 2.24. The van der Waals surface area contributed by atoms with E-state index in [-0.39, 0.29) is 5.78 Å². The molecule has 3 nitrogen and oxygen atoms in total. The quantitative estimate of drug-likeness (QED) is 0.452. The summed E-state index contributed by atoms with van der Waals surface area (Å²) in [5.74, 6) is -0.0868. The van der Waals surface area contributed by atoms with E-state index in [0.29, 0.717) is 6.42 Å². The third-order valence-electron chi connectivity index (χ3n) is 1.24. The number of carbonyl (C=O) groups is 1. The van der Waals surface area contributed by atoms with Crippen LogP contribution < -0.4 is 11.1 Å². The molecule has 1 N–H and O–H groups in total. The van der Waals surface area contributed by atoms with E-state index in [9.17, 15) is 4.79 Å². The van der Waals surface area contributed by atoms with Gasteiger partial charge >= 0.3 is 0 Å². The molecule has 1 aliphatic heterocycles. The van der Waals surface area contributed by atoms with Gasteiger partial charge in [-0.3, -0.25) is 10.1 Å². The van der Waals surface area contributed by atoms with Crippen LogP contribution in [0.25, 0.3) is 0 Å². The molecule has 1 rings (SSSR count). The van der Waals surface area contributed by atoms with Gasteiger partial charge in [-0.05, 0) is 13.0 Å². The summed E-state index contributed by atoms with van der Waals surface area (Å²) < 4.78 is 0. The lowest BCUT2D eigenvalue weighted by atomic mass is 10.1. The fourth-order valence-corrected chi connectivity index (χ4v) is 0.752. The third kappa shape index (κ3) is 1.05. The van der Waals surface area contributed by atoms with Gasteiger partial charge in [-0.2, -0.15) is 0 Å². The largest absolute Gasteiger partial charge is 0.296 e. The first kappa shape index (κ1) is 5.72. The van der Waals surface area contributed by atoms with Crippen molar-refractivity contribution in [3.05, 3.63) is 0 Å². The average Bonchev–Trinajstić information content (AvgIpc) is 1.77. The summed E-state index contributed by atoms with van der Waals surface area (Å²) in [5.41, 5.74) is 8.72. The van der Waals surface area contributed by atoms with Gasteiger partial charge < -0.3 is 0 Å². The molecule has 44 valence electrons. The lowest BCUT2D eigenvalue weighted by Crippen LogP contribution is -2.42. The number of carbonyl (C=O) groups excluding carboxylic acids is 1. The number of piperidine rings is 1. The molecule has 1 atom stereocenters. The number of Topliss-reactive ketones (excluding diaryl/α,β-unsaturated/α-hetero) is 1. The molecule has 1 unspecified atom stereocenters. The first-order valence-corrected chi connectivity index (χ1v) is 2.75. The van der Waals surface area contributed by atoms with E-state index >= 15 is 0 Å². The summed E-state index contributed by atoms with van der Waals surface area (Å²) in [6.45, 7) is 0.757. The van der Waals surface area contributed by atoms with Gasteiger partial charge in [0.05, 0.1) is 0 Å². The van der Waals surface area contributed by atoms with E-state index in [4.69, 9.17) is 5.73 Å². The van der Waals surface area contributed by atoms with Crippen molar-refractivity contribution in [3.63, 3.8) is 0 Å². The molecule has 3 heteroatoms. The Morgan fingerprint density at radius 1 is 1.75 bits per heavy atom. The molecule has 2 radical (unpaired) electrons. The molecule has 0 aromatic rings. The first-order valence-electron chi connectivity index (χ1n) is 2.75. The Kier molecular flexibility index (Phi) is 1.60. The van der Waals surface area contributed by atoms with Crippen LogP contribution >= 0.6 is 0 Å². The highest BCUT2D eigenvalue weighted by Gasteiger charge is 2.17. The number of nitrogens with one attached hydrogen (secondary N) is 1. The predicted molar refractivity (Wildman–Crippen MR) is 28.2 cm³/mol. The summed E-state index contributed by atoms with van der Waals surface area (Å²) in [6.07, 6.45) is 0.494. The fourth-order valence-electron chi connectivity index (χ4n) is 0.752. The van der Waals surface area contributed by atoms with E-state index in [1.165, 1.54) is 0 Å². The van der Waals surface area contributed by atoms with Crippen molar-refractivity contribution in [1.82, 2.24) is 11.1 Å². The molecule has 0 aromatic carbocycles. The van der Waals surface area contributed by atoms with Crippen LogP contribution in [0.3, 0.4) is 0 Å². The molecule has 1 fully saturated rings. The standard InChI is InChI=1S/C5H8N2O/c6-5-4(8)2-1-3-7-5/h5,7H,1-3H2. The molecule has 0 bridgehead atoms. The molecule has 0 aliphatic carbocycles. The zero-order valence-corrected chi connectivity index (χ0v) is 4.55. The van der Waals surface area contributed by atoms with Crippen molar-refractivity contribution in [1.29, 1.82) is 0 Å². The highest BCUT2D eigenvalue weighted by Crippen LogP contribution is 1.98. The molecule has 0 aromatic heterocycles. The monoisotopic (exact) mass is 112 g/mol. The highest BCUT2D eigenvalue weighted by atomic mass is 16.1. The topological polar surface area (TPSA) is 51.4 Å². The maximum Gasteiger partial charge on any atom is 0.167 e. The Hall–Kier alpha value is -0.410. The summed E-state index contributed by atoms with van der Waals surface area (Å²) in [5, 5.41) is 2.64. The van der Waals surface area contributed by atoms with E-state index in [2.05, 4.69) is 5.32 Å². The molecule has 1 heterocycles. The van der Waals surface area contributed by atoms with Gasteiger partial charge in [-0.1, -0.05) is 0 Å². The molecule has 8 heavy (non-hydrogen) atoms. The second-order valence-corrected chi connectivity index (χ2v) is 1.93. The van der Waals surface area contributed by atoms with E-state index in [1.54, 1.807) is 0 Å². The Labute approximate surface area is 48.2 Å². The molecule has 0 spiro atoms. The van der Waals surface area contributed by atoms with Gasteiger partial charge in [0.15, 0.2) is 11.9 Å². The van der Waals surface area contributed by atoms with Crippen molar-refractivity contribution < 1.29 is 4.79 Å². The highest BCUT2D eigenvalue weighted by molar-refractivity contribution is 5.83. The summed E-state index contributed by atoms with van der Waals surface area (Å²) >= 11 is 0. The lowest BCUT2D eigenvalue weighted by Gasteiger charge is -2.14. The van der Waals surface area contributed by atoms with E-state index in [0.717, 1.165) is 13.0 Å². The molecule has 1 aliphatic rings. The van der Waals surface area contributed by atoms with Gasteiger partial charge in [-0.25, -0.2) is 0 Å². The number of rotatable bonds is 0. The maximum absolute atomic E-state index is 10.5. The zero-order valence-electron chi connectivity index (χ0n) is 4.55. The molecule has 1 saturated heterocycles. The van der Waals surface area contributed by atoms with Gasteiger partial charge in [0.2, 0.25) is 0 Å². The van der Waals surface area contributed by atoms with Crippen molar-refractivity contribution in [2.45, 2.75) is 19.0 Å². The summed E-state index contributed by atoms with van der Waals surface area (Å²) in [4.78, 5) is 10.5. The van der Waals surface area contributed by atoms with E-state index < -0.39 is 6.17 Å². The van der Waals surface area contributed by atoms with Crippen LogP contribution in [0, 0.1) is 0 Å². The summed E-state index contributed by atoms with van der Waals surface area (Å²) in [7, 11) is 0. The SMILES string of the molecule is [N]C1NCCCC1=O. The normalized spacial score (nSPS) is 30.6. The first-order chi connectivity index (χ1) is 3.80. The van der Waals surface area contributed by atoms with Gasteiger partial charge in [0, 0.05) is 6.42 Å². The molecular weight excluding hydrogens is 104 g/mol. The molecule has 0 amide bonds. The smallest absolute Gasteiger partial charge is 0.167 e. The third-order valence-corrected chi connectivity index (χ3v) is 1.24. The minimum absolute atomic E-state index is 0.0868. The van der Waals surface area contributed by atoms with Crippen molar-refractivity contribution in [2.24, 2.45) is 0 Å². The van der Waals surface area contributed by atoms with Crippen LogP contribution in [-0.4, -0.2) is 18.5 Å².